The number of nitriles is 1. The number of hydrogen-bond acceptors (Lipinski definition) is 2. The van der Waals surface area contributed by atoms with Crippen molar-refractivity contribution in [2.75, 3.05) is 0 Å². The molecular formula is C19H17N3. The normalized spacial score (nSPS) is 11.6. The third kappa shape index (κ3) is 2.51. The Hall–Kier alpha value is -2.86. The molecule has 1 heterocycles. The molecule has 1 N–H and O–H groups in total. The molecule has 0 aliphatic heterocycles. The lowest BCUT2D eigenvalue weighted by Crippen LogP contribution is -1.90. The Bertz CT molecular complexity index is 890. The monoisotopic (exact) mass is 287 g/mol. The van der Waals surface area contributed by atoms with Gasteiger partial charge in [-0.1, -0.05) is 24.3 Å². The van der Waals surface area contributed by atoms with Crippen molar-refractivity contribution in [3.63, 3.8) is 0 Å². The third-order valence-electron chi connectivity index (χ3n) is 3.95. The van der Waals surface area contributed by atoms with Gasteiger partial charge in [0.1, 0.15) is 11.9 Å². The van der Waals surface area contributed by atoms with Gasteiger partial charge in [-0.3, -0.25) is 0 Å². The Kier molecular flexibility index (Phi) is 3.52. The van der Waals surface area contributed by atoms with Crippen molar-refractivity contribution >= 4 is 22.7 Å². The zero-order chi connectivity index (χ0) is 15.7. The first-order valence-electron chi connectivity index (χ1n) is 7.23. The van der Waals surface area contributed by atoms with Crippen LogP contribution in [0.15, 0.2) is 36.4 Å². The summed E-state index contributed by atoms with van der Waals surface area (Å²) < 4.78 is 0. The number of imidazole rings is 1. The van der Waals surface area contributed by atoms with Crippen LogP contribution in [0.5, 0.6) is 0 Å². The van der Waals surface area contributed by atoms with Crippen LogP contribution in [0.2, 0.25) is 0 Å². The number of aryl methyl sites for hydroxylation is 3. The first-order chi connectivity index (χ1) is 10.6. The molecule has 0 atom stereocenters. The molecule has 0 unspecified atom stereocenters. The molecule has 0 amide bonds. The molecule has 0 bridgehead atoms. The Labute approximate surface area is 129 Å². The largest absolute Gasteiger partial charge is 0.337 e. The molecule has 2 aromatic carbocycles. The minimum Gasteiger partial charge on any atom is -0.337 e. The molecule has 0 aliphatic carbocycles. The molecule has 3 rings (SSSR count). The Balaban J connectivity index is 2.11. The van der Waals surface area contributed by atoms with E-state index in [4.69, 9.17) is 0 Å². The molecule has 3 heteroatoms. The highest BCUT2D eigenvalue weighted by Gasteiger charge is 2.09. The van der Waals surface area contributed by atoms with Gasteiger partial charge in [0.2, 0.25) is 0 Å². The molecular weight excluding hydrogens is 270 g/mol. The van der Waals surface area contributed by atoms with Gasteiger partial charge in [-0.15, -0.1) is 0 Å². The second-order valence-corrected chi connectivity index (χ2v) is 5.57. The van der Waals surface area contributed by atoms with Crippen LogP contribution in [0.25, 0.3) is 22.7 Å². The fourth-order valence-electron chi connectivity index (χ4n) is 2.53. The van der Waals surface area contributed by atoms with Crippen LogP contribution >= 0.6 is 0 Å². The summed E-state index contributed by atoms with van der Waals surface area (Å²) in [7, 11) is 0. The summed E-state index contributed by atoms with van der Waals surface area (Å²) in [5.74, 6) is 0.612. The number of nitrogens with one attached hydrogen (secondary N) is 1. The van der Waals surface area contributed by atoms with E-state index in [1.807, 2.05) is 30.3 Å². The SMILES string of the molecule is Cc1cc(C)c(/C=C(/C#N)c2nc3ccccc3[nH]2)cc1C. The van der Waals surface area contributed by atoms with Gasteiger partial charge in [-0.2, -0.15) is 5.26 Å². The Morgan fingerprint density at radius 1 is 1.09 bits per heavy atom. The molecule has 22 heavy (non-hydrogen) atoms. The fraction of sp³-hybridized carbons (Fsp3) is 0.158. The number of allylic oxidation sites excluding steroid dienone is 1. The van der Waals surface area contributed by atoms with Crippen LogP contribution in [-0.2, 0) is 0 Å². The Morgan fingerprint density at radius 2 is 1.82 bits per heavy atom. The van der Waals surface area contributed by atoms with Crippen molar-refractivity contribution in [2.45, 2.75) is 20.8 Å². The maximum atomic E-state index is 9.50. The van der Waals surface area contributed by atoms with Crippen molar-refractivity contribution < 1.29 is 0 Å². The molecule has 0 radical (unpaired) electrons. The molecule has 0 saturated carbocycles. The summed E-state index contributed by atoms with van der Waals surface area (Å²) >= 11 is 0. The minimum absolute atomic E-state index is 0.544. The minimum atomic E-state index is 0.544. The first kappa shape index (κ1) is 14.1. The van der Waals surface area contributed by atoms with E-state index in [0.29, 0.717) is 11.4 Å². The van der Waals surface area contributed by atoms with E-state index in [9.17, 15) is 5.26 Å². The summed E-state index contributed by atoms with van der Waals surface area (Å²) in [4.78, 5) is 7.71. The maximum absolute atomic E-state index is 9.50. The van der Waals surface area contributed by atoms with Crippen molar-refractivity contribution in [3.05, 3.63) is 64.5 Å². The van der Waals surface area contributed by atoms with Crippen LogP contribution in [0, 0.1) is 32.1 Å². The lowest BCUT2D eigenvalue weighted by atomic mass is 9.99. The van der Waals surface area contributed by atoms with Gasteiger partial charge in [-0.05, 0) is 61.2 Å². The van der Waals surface area contributed by atoms with Gasteiger partial charge in [0.05, 0.1) is 16.6 Å². The number of para-hydroxylation sites is 2. The van der Waals surface area contributed by atoms with Gasteiger partial charge < -0.3 is 4.98 Å². The van der Waals surface area contributed by atoms with E-state index in [1.165, 1.54) is 11.1 Å². The first-order valence-corrected chi connectivity index (χ1v) is 7.23. The standard InChI is InChI=1S/C19H17N3/c1-12-8-14(3)15(9-13(12)2)10-16(11-20)19-21-17-6-4-5-7-18(17)22-19/h4-10H,1-3H3,(H,21,22)/b16-10-. The average Bonchev–Trinajstić information content (AvgIpc) is 2.93. The van der Waals surface area contributed by atoms with E-state index in [-0.39, 0.29) is 0 Å². The highest BCUT2D eigenvalue weighted by molar-refractivity contribution is 5.90. The van der Waals surface area contributed by atoms with Crippen molar-refractivity contribution in [2.24, 2.45) is 0 Å². The van der Waals surface area contributed by atoms with Crippen molar-refractivity contribution in [3.8, 4) is 6.07 Å². The zero-order valence-corrected chi connectivity index (χ0v) is 12.9. The highest BCUT2D eigenvalue weighted by atomic mass is 14.9. The zero-order valence-electron chi connectivity index (χ0n) is 12.9. The number of rotatable bonds is 2. The molecule has 1 aromatic heterocycles. The van der Waals surface area contributed by atoms with Crippen molar-refractivity contribution in [1.82, 2.24) is 9.97 Å². The number of H-pyrrole nitrogens is 1. The summed E-state index contributed by atoms with van der Waals surface area (Å²) in [6.45, 7) is 6.24. The van der Waals surface area contributed by atoms with E-state index in [2.05, 4.69) is 48.9 Å². The van der Waals surface area contributed by atoms with Gasteiger partial charge in [0.15, 0.2) is 0 Å². The number of benzene rings is 2. The Morgan fingerprint density at radius 3 is 2.55 bits per heavy atom. The predicted octanol–water partition coefficient (Wildman–Crippen LogP) is 4.55. The van der Waals surface area contributed by atoms with Gasteiger partial charge in [0, 0.05) is 0 Å². The quantitative estimate of drug-likeness (QED) is 0.703. The summed E-state index contributed by atoms with van der Waals surface area (Å²) in [6, 6.07) is 14.3. The van der Waals surface area contributed by atoms with Gasteiger partial charge in [0.25, 0.3) is 0 Å². The summed E-state index contributed by atoms with van der Waals surface area (Å²) in [5.41, 5.74) is 7.05. The molecule has 0 spiro atoms. The van der Waals surface area contributed by atoms with E-state index < -0.39 is 0 Å². The van der Waals surface area contributed by atoms with Crippen LogP contribution in [0.4, 0.5) is 0 Å². The average molecular weight is 287 g/mol. The molecule has 0 fully saturated rings. The highest BCUT2D eigenvalue weighted by Crippen LogP contribution is 2.22. The molecule has 0 saturated heterocycles. The lowest BCUT2D eigenvalue weighted by molar-refractivity contribution is 1.27. The number of hydrogen-bond donors (Lipinski definition) is 1. The van der Waals surface area contributed by atoms with Crippen molar-refractivity contribution in [1.29, 1.82) is 5.26 Å². The van der Waals surface area contributed by atoms with Crippen LogP contribution < -0.4 is 0 Å². The van der Waals surface area contributed by atoms with Gasteiger partial charge >= 0.3 is 0 Å². The van der Waals surface area contributed by atoms with Crippen LogP contribution in [-0.4, -0.2) is 9.97 Å². The van der Waals surface area contributed by atoms with Gasteiger partial charge in [-0.25, -0.2) is 4.98 Å². The van der Waals surface area contributed by atoms with E-state index in [1.54, 1.807) is 0 Å². The number of aromatic amines is 1. The predicted molar refractivity (Wildman–Crippen MR) is 90.2 cm³/mol. The number of fused-ring (bicyclic) bond motifs is 1. The fourth-order valence-corrected chi connectivity index (χ4v) is 2.53. The number of nitrogens with zero attached hydrogens (tertiary/aromatic N) is 2. The molecule has 3 aromatic rings. The summed E-state index contributed by atoms with van der Waals surface area (Å²) in [6.07, 6.45) is 1.90. The lowest BCUT2D eigenvalue weighted by Gasteiger charge is -2.06. The van der Waals surface area contributed by atoms with Crippen LogP contribution in [0.3, 0.4) is 0 Å². The third-order valence-corrected chi connectivity index (χ3v) is 3.95. The smallest absolute Gasteiger partial charge is 0.149 e. The molecule has 108 valence electrons. The van der Waals surface area contributed by atoms with E-state index >= 15 is 0 Å². The topological polar surface area (TPSA) is 52.5 Å². The number of aromatic nitrogens is 2. The second kappa shape index (κ2) is 5.50. The molecule has 3 nitrogen and oxygen atoms in total. The summed E-state index contributed by atoms with van der Waals surface area (Å²) in [5, 5.41) is 9.50. The second-order valence-electron chi connectivity index (χ2n) is 5.57. The van der Waals surface area contributed by atoms with Crippen LogP contribution in [0.1, 0.15) is 28.1 Å². The maximum Gasteiger partial charge on any atom is 0.149 e. The van der Waals surface area contributed by atoms with E-state index in [0.717, 1.165) is 22.2 Å². The molecule has 0 aliphatic rings.